The second-order valence-electron chi connectivity index (χ2n) is 4.92. The first-order valence-electron chi connectivity index (χ1n) is 6.64. The van der Waals surface area contributed by atoms with Gasteiger partial charge in [0, 0.05) is 29.6 Å². The van der Waals surface area contributed by atoms with Crippen LogP contribution in [0.15, 0.2) is 30.9 Å². The summed E-state index contributed by atoms with van der Waals surface area (Å²) in [6, 6.07) is 4.45. The molecule has 0 aliphatic carbocycles. The van der Waals surface area contributed by atoms with Crippen molar-refractivity contribution in [3.05, 3.63) is 46.5 Å². The molecular weight excluding hydrogens is 311 g/mol. The quantitative estimate of drug-likeness (QED) is 0.645. The van der Waals surface area contributed by atoms with Gasteiger partial charge in [0.05, 0.1) is 11.1 Å². The molecule has 1 amide bonds. The van der Waals surface area contributed by atoms with E-state index >= 15 is 0 Å². The first-order valence-corrected chi connectivity index (χ1v) is 7.39. The first kappa shape index (κ1) is 16.0. The second-order valence-corrected chi connectivity index (χ2v) is 5.76. The maximum absolute atomic E-state index is 12.4. The predicted molar refractivity (Wildman–Crippen MR) is 83.9 cm³/mol. The summed E-state index contributed by atoms with van der Waals surface area (Å²) in [7, 11) is 0. The molecule has 1 heterocycles. The molecule has 2 unspecified atom stereocenters. The summed E-state index contributed by atoms with van der Waals surface area (Å²) < 4.78 is 0. The Morgan fingerprint density at radius 2 is 2.19 bits per heavy atom. The third-order valence-electron chi connectivity index (χ3n) is 3.44. The van der Waals surface area contributed by atoms with Crippen LogP contribution in [0.4, 0.5) is 0 Å². The van der Waals surface area contributed by atoms with Crippen LogP contribution in [0.25, 0.3) is 0 Å². The highest BCUT2D eigenvalue weighted by molar-refractivity contribution is 6.36. The maximum Gasteiger partial charge on any atom is 0.237 e. The number of carbonyl (C=O) groups is 2. The van der Waals surface area contributed by atoms with Gasteiger partial charge >= 0.3 is 0 Å². The van der Waals surface area contributed by atoms with Crippen molar-refractivity contribution in [1.82, 2.24) is 10.6 Å². The van der Waals surface area contributed by atoms with E-state index in [-0.39, 0.29) is 23.7 Å². The molecule has 112 valence electrons. The number of halogens is 2. The van der Waals surface area contributed by atoms with E-state index in [4.69, 9.17) is 23.2 Å². The van der Waals surface area contributed by atoms with E-state index in [2.05, 4.69) is 17.2 Å². The smallest absolute Gasteiger partial charge is 0.237 e. The average Bonchev–Trinajstić information content (AvgIpc) is 2.94. The van der Waals surface area contributed by atoms with E-state index in [1.807, 2.05) is 0 Å². The monoisotopic (exact) mass is 326 g/mol. The van der Waals surface area contributed by atoms with Crippen LogP contribution < -0.4 is 10.6 Å². The highest BCUT2D eigenvalue weighted by Gasteiger charge is 2.34. The Balaban J connectivity index is 2.02. The van der Waals surface area contributed by atoms with Crippen LogP contribution in [0.1, 0.15) is 16.8 Å². The number of ketones is 1. The molecule has 2 rings (SSSR count). The lowest BCUT2D eigenvalue weighted by Crippen LogP contribution is -2.40. The van der Waals surface area contributed by atoms with Crippen molar-refractivity contribution >= 4 is 34.9 Å². The van der Waals surface area contributed by atoms with Gasteiger partial charge in [-0.3, -0.25) is 9.59 Å². The molecule has 6 heteroatoms. The van der Waals surface area contributed by atoms with Crippen molar-refractivity contribution in [2.24, 2.45) is 5.92 Å². The van der Waals surface area contributed by atoms with E-state index in [1.165, 1.54) is 0 Å². The maximum atomic E-state index is 12.4. The lowest BCUT2D eigenvalue weighted by molar-refractivity contribution is -0.122. The highest BCUT2D eigenvalue weighted by Crippen LogP contribution is 2.26. The van der Waals surface area contributed by atoms with Gasteiger partial charge in [-0.25, -0.2) is 0 Å². The van der Waals surface area contributed by atoms with Crippen LogP contribution in [-0.2, 0) is 4.79 Å². The normalized spacial score (nSPS) is 21.0. The molecule has 0 spiro atoms. The summed E-state index contributed by atoms with van der Waals surface area (Å²) in [5, 5.41) is 6.61. The number of carbonyl (C=O) groups excluding carboxylic acids is 2. The second kappa shape index (κ2) is 7.07. The Bertz CT molecular complexity index is 575. The van der Waals surface area contributed by atoms with Gasteiger partial charge in [0.15, 0.2) is 5.78 Å². The summed E-state index contributed by atoms with van der Waals surface area (Å²) in [5.74, 6) is -0.446. The molecule has 2 atom stereocenters. The van der Waals surface area contributed by atoms with Gasteiger partial charge in [-0.15, -0.1) is 6.58 Å². The van der Waals surface area contributed by atoms with Gasteiger partial charge in [0.25, 0.3) is 0 Å². The van der Waals surface area contributed by atoms with E-state index in [0.717, 1.165) is 0 Å². The Morgan fingerprint density at radius 3 is 2.86 bits per heavy atom. The standard InChI is InChI=1S/C15H16Cl2N2O2/c1-2-5-18-15(21)13-6-9(8-19-13)14(20)11-4-3-10(16)7-12(11)17/h2-4,7,9,13,19H,1,5-6,8H2,(H,18,21). The Morgan fingerprint density at radius 1 is 1.43 bits per heavy atom. The van der Waals surface area contributed by atoms with Crippen LogP contribution in [0.2, 0.25) is 10.0 Å². The van der Waals surface area contributed by atoms with Gasteiger partial charge in [-0.1, -0.05) is 29.3 Å². The molecule has 0 radical (unpaired) electrons. The zero-order chi connectivity index (χ0) is 15.4. The van der Waals surface area contributed by atoms with Crippen LogP contribution >= 0.6 is 23.2 Å². The molecule has 0 bridgehead atoms. The zero-order valence-corrected chi connectivity index (χ0v) is 12.9. The molecule has 4 nitrogen and oxygen atoms in total. The number of benzene rings is 1. The summed E-state index contributed by atoms with van der Waals surface area (Å²) in [4.78, 5) is 24.3. The molecule has 0 aromatic heterocycles. The predicted octanol–water partition coefficient (Wildman–Crippen LogP) is 2.46. The summed E-state index contributed by atoms with van der Waals surface area (Å²) >= 11 is 11.9. The largest absolute Gasteiger partial charge is 0.351 e. The molecule has 2 N–H and O–H groups in total. The fraction of sp³-hybridized carbons (Fsp3) is 0.333. The summed E-state index contributed by atoms with van der Waals surface area (Å²) in [5.41, 5.74) is 0.444. The molecule has 1 fully saturated rings. The molecule has 1 aliphatic heterocycles. The van der Waals surface area contributed by atoms with Crippen molar-refractivity contribution in [2.45, 2.75) is 12.5 Å². The van der Waals surface area contributed by atoms with Crippen LogP contribution in [0.3, 0.4) is 0 Å². The Kier molecular flexibility index (Phi) is 5.39. The molecule has 21 heavy (non-hydrogen) atoms. The molecule has 1 aliphatic rings. The minimum Gasteiger partial charge on any atom is -0.351 e. The number of Topliss-reactive ketones (excluding diaryl/α,β-unsaturated/α-hetero) is 1. The average molecular weight is 327 g/mol. The fourth-order valence-electron chi connectivity index (χ4n) is 2.34. The summed E-state index contributed by atoms with van der Waals surface area (Å²) in [6.45, 7) is 4.42. The molecule has 0 saturated carbocycles. The molecule has 1 aromatic rings. The van der Waals surface area contributed by atoms with Gasteiger partial charge in [0.2, 0.25) is 5.91 Å². The van der Waals surface area contributed by atoms with Crippen molar-refractivity contribution < 1.29 is 9.59 Å². The van der Waals surface area contributed by atoms with Crippen molar-refractivity contribution in [2.75, 3.05) is 13.1 Å². The molecular formula is C15H16Cl2N2O2. The number of nitrogens with one attached hydrogen (secondary N) is 2. The van der Waals surface area contributed by atoms with Gasteiger partial charge in [-0.2, -0.15) is 0 Å². The summed E-state index contributed by atoms with van der Waals surface area (Å²) in [6.07, 6.45) is 2.07. The van der Waals surface area contributed by atoms with E-state index < -0.39 is 0 Å². The SMILES string of the molecule is C=CCNC(=O)C1CC(C(=O)c2ccc(Cl)cc2Cl)CN1. The van der Waals surface area contributed by atoms with Gasteiger partial charge < -0.3 is 10.6 Å². The third-order valence-corrected chi connectivity index (χ3v) is 3.98. The fourth-order valence-corrected chi connectivity index (χ4v) is 2.84. The first-order chi connectivity index (χ1) is 10.0. The Hall–Kier alpha value is -1.36. The van der Waals surface area contributed by atoms with Crippen molar-refractivity contribution in [3.63, 3.8) is 0 Å². The zero-order valence-electron chi connectivity index (χ0n) is 11.4. The number of hydrogen-bond donors (Lipinski definition) is 2. The van der Waals surface area contributed by atoms with Crippen LogP contribution in [-0.4, -0.2) is 30.8 Å². The number of amides is 1. The molecule has 1 saturated heterocycles. The van der Waals surface area contributed by atoms with Crippen LogP contribution in [0.5, 0.6) is 0 Å². The van der Waals surface area contributed by atoms with Gasteiger partial charge in [-0.05, 0) is 24.6 Å². The van der Waals surface area contributed by atoms with Crippen LogP contribution in [0, 0.1) is 5.92 Å². The van der Waals surface area contributed by atoms with Gasteiger partial charge in [0.1, 0.15) is 0 Å². The molecule has 1 aromatic carbocycles. The Labute approximate surface area is 133 Å². The van der Waals surface area contributed by atoms with Crippen molar-refractivity contribution in [3.8, 4) is 0 Å². The topological polar surface area (TPSA) is 58.2 Å². The minimum atomic E-state index is -0.357. The number of rotatable bonds is 5. The number of hydrogen-bond acceptors (Lipinski definition) is 3. The van der Waals surface area contributed by atoms with Crippen molar-refractivity contribution in [1.29, 1.82) is 0 Å². The lowest BCUT2D eigenvalue weighted by atomic mass is 9.95. The minimum absolute atomic E-state index is 0.0665. The van der Waals surface area contributed by atoms with E-state index in [1.54, 1.807) is 24.3 Å². The third kappa shape index (κ3) is 3.84. The highest BCUT2D eigenvalue weighted by atomic mass is 35.5. The van der Waals surface area contributed by atoms with E-state index in [9.17, 15) is 9.59 Å². The lowest BCUT2D eigenvalue weighted by Gasteiger charge is -2.11. The van der Waals surface area contributed by atoms with E-state index in [0.29, 0.717) is 35.1 Å².